The van der Waals surface area contributed by atoms with Gasteiger partial charge in [0.25, 0.3) is 11.8 Å². The molecule has 9 heteroatoms. The van der Waals surface area contributed by atoms with Crippen LogP contribution in [-0.4, -0.2) is 42.7 Å². The molecular weight excluding hydrogens is 360 g/mol. The van der Waals surface area contributed by atoms with Gasteiger partial charge >= 0.3 is 0 Å². The highest BCUT2D eigenvalue weighted by molar-refractivity contribution is 5.92. The van der Waals surface area contributed by atoms with Crippen molar-refractivity contribution in [2.45, 2.75) is 52.0 Å². The summed E-state index contributed by atoms with van der Waals surface area (Å²) in [6.45, 7) is 4.52. The summed E-state index contributed by atoms with van der Waals surface area (Å²) in [4.78, 5) is 23.2. The second kappa shape index (κ2) is 7.87. The molecule has 1 aliphatic rings. The summed E-state index contributed by atoms with van der Waals surface area (Å²) in [6, 6.07) is 1.44. The zero-order valence-electron chi connectivity index (χ0n) is 16.0. The minimum absolute atomic E-state index is 0.175. The van der Waals surface area contributed by atoms with E-state index < -0.39 is 0 Å². The number of likely N-dealkylation sites (tertiary alicyclic amines) is 1. The molecular formula is C19H22N6O3. The molecule has 146 valence electrons. The Labute approximate surface area is 162 Å². The van der Waals surface area contributed by atoms with Crippen molar-refractivity contribution in [2.24, 2.45) is 0 Å². The minimum atomic E-state index is -0.285. The van der Waals surface area contributed by atoms with Crippen molar-refractivity contribution >= 4 is 5.91 Å². The molecule has 1 atom stereocenters. The Morgan fingerprint density at radius 3 is 2.93 bits per heavy atom. The molecule has 1 aliphatic heterocycles. The summed E-state index contributed by atoms with van der Waals surface area (Å²) in [5.74, 6) is 1.25. The van der Waals surface area contributed by atoms with Crippen molar-refractivity contribution in [3.05, 3.63) is 41.5 Å². The highest BCUT2D eigenvalue weighted by Gasteiger charge is 2.34. The summed E-state index contributed by atoms with van der Waals surface area (Å²) in [6.07, 6.45) is 7.60. The molecule has 3 aromatic rings. The first-order chi connectivity index (χ1) is 13.7. The molecule has 0 aliphatic carbocycles. The molecule has 1 amide bonds. The van der Waals surface area contributed by atoms with E-state index in [0.29, 0.717) is 29.7 Å². The van der Waals surface area contributed by atoms with Crippen LogP contribution >= 0.6 is 0 Å². The molecule has 0 bridgehead atoms. The maximum absolute atomic E-state index is 13.0. The third kappa shape index (κ3) is 3.64. The van der Waals surface area contributed by atoms with Crippen molar-refractivity contribution in [3.8, 4) is 11.6 Å². The molecule has 4 heterocycles. The van der Waals surface area contributed by atoms with E-state index in [1.807, 2.05) is 6.92 Å². The number of aromatic nitrogens is 5. The normalized spacial score (nSPS) is 17.1. The van der Waals surface area contributed by atoms with Gasteiger partial charge in [-0.15, -0.1) is 10.2 Å². The standard InChI is InChI=1S/C19H22N6O3/c1-3-6-13-9-14(24-28-13)19(26)25-8-5-4-7-16(25)18-23-22-17(27-18)15-11-20-12(2)10-21-15/h9-11,16H,3-8H2,1-2H3/t16-/m0/s1. The Kier molecular flexibility index (Phi) is 5.14. The fourth-order valence-electron chi connectivity index (χ4n) is 3.33. The molecule has 0 aromatic carbocycles. The van der Waals surface area contributed by atoms with Crippen molar-refractivity contribution in [2.75, 3.05) is 6.54 Å². The SMILES string of the molecule is CCCc1cc(C(=O)N2CCCC[C@H]2c2nnc(-c3cnc(C)cn3)o2)no1. The molecule has 1 fully saturated rings. The van der Waals surface area contributed by atoms with Crippen LogP contribution in [0.5, 0.6) is 0 Å². The van der Waals surface area contributed by atoms with Gasteiger partial charge in [-0.2, -0.15) is 0 Å². The van der Waals surface area contributed by atoms with E-state index in [4.69, 9.17) is 8.94 Å². The lowest BCUT2D eigenvalue weighted by atomic mass is 10.0. The van der Waals surface area contributed by atoms with Gasteiger partial charge in [0.2, 0.25) is 5.89 Å². The molecule has 9 nitrogen and oxygen atoms in total. The number of carbonyl (C=O) groups is 1. The van der Waals surface area contributed by atoms with Gasteiger partial charge < -0.3 is 13.8 Å². The smallest absolute Gasteiger partial charge is 0.276 e. The fourth-order valence-corrected chi connectivity index (χ4v) is 3.33. The van der Waals surface area contributed by atoms with Gasteiger partial charge in [-0.25, -0.2) is 4.98 Å². The first-order valence-electron chi connectivity index (χ1n) is 9.54. The third-order valence-corrected chi connectivity index (χ3v) is 4.76. The van der Waals surface area contributed by atoms with Gasteiger partial charge in [0.1, 0.15) is 17.5 Å². The van der Waals surface area contributed by atoms with E-state index in [-0.39, 0.29) is 11.9 Å². The largest absolute Gasteiger partial charge is 0.417 e. The Balaban J connectivity index is 1.57. The van der Waals surface area contributed by atoms with Crippen LogP contribution in [0.3, 0.4) is 0 Å². The lowest BCUT2D eigenvalue weighted by Crippen LogP contribution is -2.38. The van der Waals surface area contributed by atoms with Crippen LogP contribution in [0.25, 0.3) is 11.6 Å². The number of rotatable bonds is 5. The first kappa shape index (κ1) is 18.3. The Hall–Kier alpha value is -3.10. The van der Waals surface area contributed by atoms with Crippen LogP contribution in [-0.2, 0) is 6.42 Å². The second-order valence-electron chi connectivity index (χ2n) is 6.93. The van der Waals surface area contributed by atoms with E-state index in [2.05, 4.69) is 32.2 Å². The Bertz CT molecular complexity index is 949. The van der Waals surface area contributed by atoms with Gasteiger partial charge in [-0.05, 0) is 32.6 Å². The molecule has 0 N–H and O–H groups in total. The number of hydrogen-bond donors (Lipinski definition) is 0. The molecule has 4 rings (SSSR count). The van der Waals surface area contributed by atoms with Crippen molar-refractivity contribution < 1.29 is 13.7 Å². The third-order valence-electron chi connectivity index (χ3n) is 4.76. The van der Waals surface area contributed by atoms with Crippen LogP contribution in [0.1, 0.15) is 66.5 Å². The molecule has 1 saturated heterocycles. The van der Waals surface area contributed by atoms with Gasteiger partial charge in [0.05, 0.1) is 11.9 Å². The fraction of sp³-hybridized carbons (Fsp3) is 0.474. The van der Waals surface area contributed by atoms with Crippen LogP contribution in [0.15, 0.2) is 27.4 Å². The molecule has 28 heavy (non-hydrogen) atoms. The van der Waals surface area contributed by atoms with E-state index >= 15 is 0 Å². The molecule has 3 aromatic heterocycles. The monoisotopic (exact) mass is 382 g/mol. The lowest BCUT2D eigenvalue weighted by Gasteiger charge is -2.32. The van der Waals surface area contributed by atoms with E-state index in [1.54, 1.807) is 23.4 Å². The number of carbonyl (C=O) groups excluding carboxylic acids is 1. The molecule has 0 unspecified atom stereocenters. The van der Waals surface area contributed by atoms with Crippen molar-refractivity contribution in [1.29, 1.82) is 0 Å². The second-order valence-corrected chi connectivity index (χ2v) is 6.93. The number of aryl methyl sites for hydroxylation is 2. The minimum Gasteiger partial charge on any atom is -0.417 e. The molecule has 0 spiro atoms. The number of amides is 1. The summed E-state index contributed by atoms with van der Waals surface area (Å²) in [5, 5.41) is 12.2. The highest BCUT2D eigenvalue weighted by atomic mass is 16.5. The molecule has 0 saturated carbocycles. The molecule has 0 radical (unpaired) electrons. The highest BCUT2D eigenvalue weighted by Crippen LogP contribution is 2.32. The quantitative estimate of drug-likeness (QED) is 0.661. The van der Waals surface area contributed by atoms with Crippen LogP contribution < -0.4 is 0 Å². The summed E-state index contributed by atoms with van der Waals surface area (Å²) in [5.41, 5.74) is 1.64. The van der Waals surface area contributed by atoms with Crippen molar-refractivity contribution in [3.63, 3.8) is 0 Å². The topological polar surface area (TPSA) is 111 Å². The lowest BCUT2D eigenvalue weighted by molar-refractivity contribution is 0.0562. The average Bonchev–Trinajstić information content (AvgIpc) is 3.38. The van der Waals surface area contributed by atoms with E-state index in [9.17, 15) is 4.79 Å². The summed E-state index contributed by atoms with van der Waals surface area (Å²) < 4.78 is 11.1. The van der Waals surface area contributed by atoms with Crippen LogP contribution in [0, 0.1) is 6.92 Å². The Morgan fingerprint density at radius 1 is 1.25 bits per heavy atom. The first-order valence-corrected chi connectivity index (χ1v) is 9.54. The zero-order valence-corrected chi connectivity index (χ0v) is 16.0. The summed E-state index contributed by atoms with van der Waals surface area (Å²) >= 11 is 0. The predicted molar refractivity (Wildman–Crippen MR) is 98.2 cm³/mol. The van der Waals surface area contributed by atoms with Crippen LogP contribution in [0.4, 0.5) is 0 Å². The maximum atomic E-state index is 13.0. The van der Waals surface area contributed by atoms with Crippen LogP contribution in [0.2, 0.25) is 0 Å². The van der Waals surface area contributed by atoms with Gasteiger partial charge in [-0.3, -0.25) is 9.78 Å². The maximum Gasteiger partial charge on any atom is 0.276 e. The predicted octanol–water partition coefficient (Wildman–Crippen LogP) is 3.14. The number of piperidine rings is 1. The summed E-state index contributed by atoms with van der Waals surface area (Å²) in [7, 11) is 0. The Morgan fingerprint density at radius 2 is 2.14 bits per heavy atom. The van der Waals surface area contributed by atoms with Gasteiger partial charge in [0, 0.05) is 25.2 Å². The van der Waals surface area contributed by atoms with Crippen molar-refractivity contribution in [1.82, 2.24) is 30.2 Å². The number of nitrogens with zero attached hydrogens (tertiary/aromatic N) is 6. The zero-order chi connectivity index (χ0) is 19.5. The van der Waals surface area contributed by atoms with Gasteiger partial charge in [0.15, 0.2) is 5.69 Å². The van der Waals surface area contributed by atoms with Gasteiger partial charge in [-0.1, -0.05) is 12.1 Å². The number of hydrogen-bond acceptors (Lipinski definition) is 8. The van der Waals surface area contributed by atoms with E-state index in [1.165, 1.54) is 0 Å². The van der Waals surface area contributed by atoms with E-state index in [0.717, 1.165) is 43.6 Å². The average molecular weight is 382 g/mol.